The highest BCUT2D eigenvalue weighted by Crippen LogP contribution is 2.26. The maximum Gasteiger partial charge on any atom is 0.228 e. The van der Waals surface area contributed by atoms with E-state index in [-0.39, 0.29) is 29.5 Å². The summed E-state index contributed by atoms with van der Waals surface area (Å²) in [6.07, 6.45) is 7.40. The number of pyridine rings is 1. The molecule has 1 aromatic carbocycles. The first-order valence-corrected chi connectivity index (χ1v) is 9.75. The number of hydrogen-bond acceptors (Lipinski definition) is 6. The van der Waals surface area contributed by atoms with Crippen LogP contribution in [0.1, 0.15) is 31.2 Å². The van der Waals surface area contributed by atoms with E-state index in [1.165, 1.54) is 24.5 Å². The fourth-order valence-electron chi connectivity index (χ4n) is 3.32. The van der Waals surface area contributed by atoms with Gasteiger partial charge in [0.05, 0.1) is 11.3 Å². The third kappa shape index (κ3) is 5.88. The Morgan fingerprint density at radius 3 is 2.63 bits per heavy atom. The number of hydrogen-bond donors (Lipinski definition) is 4. The van der Waals surface area contributed by atoms with E-state index in [2.05, 4.69) is 20.9 Å². The first-order chi connectivity index (χ1) is 14.5. The van der Waals surface area contributed by atoms with E-state index in [1.54, 1.807) is 30.3 Å². The molecule has 4 N–H and O–H groups in total. The van der Waals surface area contributed by atoms with E-state index in [0.717, 1.165) is 18.7 Å². The van der Waals surface area contributed by atoms with E-state index in [1.807, 2.05) is 6.07 Å². The van der Waals surface area contributed by atoms with Gasteiger partial charge in [0.2, 0.25) is 5.91 Å². The maximum atomic E-state index is 13.5. The third-order valence-electron chi connectivity index (χ3n) is 4.96. The van der Waals surface area contributed by atoms with Gasteiger partial charge in [0, 0.05) is 24.4 Å². The van der Waals surface area contributed by atoms with Gasteiger partial charge in [0.25, 0.3) is 0 Å². The van der Waals surface area contributed by atoms with Gasteiger partial charge in [0.15, 0.2) is 0 Å². The lowest BCUT2D eigenvalue weighted by molar-refractivity contribution is -0.124. The van der Waals surface area contributed by atoms with Crippen molar-refractivity contribution in [3.05, 3.63) is 66.3 Å². The van der Waals surface area contributed by atoms with Gasteiger partial charge < -0.3 is 16.0 Å². The molecule has 0 radical (unpaired) electrons. The topological polar surface area (TPSA) is 114 Å². The normalized spacial score (nSPS) is 18.4. The molecule has 154 valence electrons. The quantitative estimate of drug-likeness (QED) is 0.431. The zero-order chi connectivity index (χ0) is 21.3. The highest BCUT2D eigenvalue weighted by Gasteiger charge is 2.26. The Balaban J connectivity index is 1.41. The lowest BCUT2D eigenvalue weighted by atomic mass is 9.85. The second kappa shape index (κ2) is 10.2. The van der Waals surface area contributed by atoms with Crippen molar-refractivity contribution in [1.29, 1.82) is 10.7 Å². The first-order valence-electron chi connectivity index (χ1n) is 9.75. The zero-order valence-corrected chi connectivity index (χ0v) is 16.4. The average molecular weight is 406 g/mol. The standard InChI is InChI=1S/C22H23FN6O/c23-18-3-1-2-4-19(18)26-12-11-20(25)29-22(30)16-6-8-17(9-7-16)28-21-10-5-15(13-24)14-27-21/h1-5,10-12,14,16-17,26H,6-9H2,(H,27,28)(H2,25,29,30)/b12-11-. The number of carbonyl (C=O) groups excluding carboxylic acids is 1. The van der Waals surface area contributed by atoms with Crippen LogP contribution in [0.3, 0.4) is 0 Å². The highest BCUT2D eigenvalue weighted by molar-refractivity contribution is 6.03. The molecule has 1 aliphatic rings. The Kier molecular flexibility index (Phi) is 7.11. The molecule has 7 nitrogen and oxygen atoms in total. The summed E-state index contributed by atoms with van der Waals surface area (Å²) in [5.74, 6) is -0.0444. The van der Waals surface area contributed by atoms with Crippen molar-refractivity contribution in [3.63, 3.8) is 0 Å². The summed E-state index contributed by atoms with van der Waals surface area (Å²) in [7, 11) is 0. The number of rotatable bonds is 6. The third-order valence-corrected chi connectivity index (χ3v) is 4.96. The minimum absolute atomic E-state index is 0.0501. The monoisotopic (exact) mass is 406 g/mol. The number of amidine groups is 1. The van der Waals surface area contributed by atoms with Crippen LogP contribution in [0.25, 0.3) is 0 Å². The molecule has 1 aliphatic carbocycles. The molecule has 1 aromatic heterocycles. The van der Waals surface area contributed by atoms with Crippen LogP contribution in [0.5, 0.6) is 0 Å². The predicted octanol–water partition coefficient (Wildman–Crippen LogP) is 3.78. The number of nitrogens with one attached hydrogen (secondary N) is 4. The predicted molar refractivity (Wildman–Crippen MR) is 113 cm³/mol. The Labute approximate surface area is 174 Å². The minimum Gasteiger partial charge on any atom is -0.367 e. The van der Waals surface area contributed by atoms with Crippen LogP contribution >= 0.6 is 0 Å². The van der Waals surface area contributed by atoms with Crippen molar-refractivity contribution in [2.75, 3.05) is 10.6 Å². The molecular weight excluding hydrogens is 383 g/mol. The van der Waals surface area contributed by atoms with E-state index in [4.69, 9.17) is 10.7 Å². The van der Waals surface area contributed by atoms with Gasteiger partial charge in [-0.3, -0.25) is 10.2 Å². The van der Waals surface area contributed by atoms with Crippen LogP contribution < -0.4 is 16.0 Å². The van der Waals surface area contributed by atoms with Crippen LogP contribution in [-0.4, -0.2) is 22.8 Å². The zero-order valence-electron chi connectivity index (χ0n) is 16.4. The summed E-state index contributed by atoms with van der Waals surface area (Å²) in [6, 6.07) is 12.0. The SMILES string of the molecule is N#Cc1ccc(NC2CCC(C(=O)NC(=N)/C=C\Nc3ccccc3F)CC2)nc1. The van der Waals surface area contributed by atoms with Crippen molar-refractivity contribution in [2.45, 2.75) is 31.7 Å². The molecule has 8 heteroatoms. The number of aromatic nitrogens is 1. The summed E-state index contributed by atoms with van der Waals surface area (Å²) in [6.45, 7) is 0. The van der Waals surface area contributed by atoms with Crippen molar-refractivity contribution in [2.24, 2.45) is 5.92 Å². The molecule has 1 saturated carbocycles. The average Bonchev–Trinajstić information content (AvgIpc) is 2.76. The number of anilines is 2. The Bertz CT molecular complexity index is 958. The summed E-state index contributed by atoms with van der Waals surface area (Å²) in [5.41, 5.74) is 0.817. The Morgan fingerprint density at radius 1 is 1.20 bits per heavy atom. The minimum atomic E-state index is -0.390. The summed E-state index contributed by atoms with van der Waals surface area (Å²) in [5, 5.41) is 25.4. The fourth-order valence-corrected chi connectivity index (χ4v) is 3.32. The van der Waals surface area contributed by atoms with Gasteiger partial charge >= 0.3 is 0 Å². The molecular formula is C22H23FN6O. The molecule has 0 saturated heterocycles. The molecule has 2 aromatic rings. The van der Waals surface area contributed by atoms with Crippen molar-refractivity contribution >= 4 is 23.2 Å². The lowest BCUT2D eigenvalue weighted by Gasteiger charge is -2.28. The van der Waals surface area contributed by atoms with Crippen LogP contribution in [0.2, 0.25) is 0 Å². The molecule has 0 atom stereocenters. The lowest BCUT2D eigenvalue weighted by Crippen LogP contribution is -2.38. The molecule has 0 spiro atoms. The van der Waals surface area contributed by atoms with Gasteiger partial charge in [-0.05, 0) is 56.0 Å². The molecule has 1 fully saturated rings. The number of carbonyl (C=O) groups is 1. The van der Waals surface area contributed by atoms with Gasteiger partial charge in [-0.1, -0.05) is 12.1 Å². The Morgan fingerprint density at radius 2 is 1.97 bits per heavy atom. The second-order valence-corrected chi connectivity index (χ2v) is 7.10. The van der Waals surface area contributed by atoms with Gasteiger partial charge in [-0.15, -0.1) is 0 Å². The summed E-state index contributed by atoms with van der Waals surface area (Å²) in [4.78, 5) is 16.6. The van der Waals surface area contributed by atoms with E-state index in [9.17, 15) is 9.18 Å². The van der Waals surface area contributed by atoms with E-state index >= 15 is 0 Å². The van der Waals surface area contributed by atoms with Crippen LogP contribution in [0.15, 0.2) is 54.9 Å². The molecule has 30 heavy (non-hydrogen) atoms. The van der Waals surface area contributed by atoms with Crippen molar-refractivity contribution in [1.82, 2.24) is 10.3 Å². The van der Waals surface area contributed by atoms with Crippen molar-refractivity contribution < 1.29 is 9.18 Å². The first kappa shape index (κ1) is 21.0. The fraction of sp³-hybridized carbons (Fsp3) is 0.273. The number of halogens is 1. The maximum absolute atomic E-state index is 13.5. The summed E-state index contributed by atoms with van der Waals surface area (Å²) >= 11 is 0. The smallest absolute Gasteiger partial charge is 0.228 e. The van der Waals surface area contributed by atoms with Crippen molar-refractivity contribution in [3.8, 4) is 6.07 Å². The van der Waals surface area contributed by atoms with Crippen LogP contribution in [0.4, 0.5) is 15.9 Å². The van der Waals surface area contributed by atoms with E-state index < -0.39 is 0 Å². The van der Waals surface area contributed by atoms with E-state index in [0.29, 0.717) is 24.1 Å². The molecule has 1 amide bonds. The summed E-state index contributed by atoms with van der Waals surface area (Å²) < 4.78 is 13.5. The number of nitriles is 1. The number of amides is 1. The van der Waals surface area contributed by atoms with Gasteiger partial charge in [0.1, 0.15) is 23.5 Å². The molecule has 0 bridgehead atoms. The number of benzene rings is 1. The molecule has 1 heterocycles. The Hall–Kier alpha value is -3.73. The molecule has 3 rings (SSSR count). The van der Waals surface area contributed by atoms with Crippen LogP contribution in [0, 0.1) is 28.5 Å². The largest absolute Gasteiger partial charge is 0.367 e. The number of nitrogens with zero attached hydrogens (tertiary/aromatic N) is 2. The van der Waals surface area contributed by atoms with Gasteiger partial charge in [-0.2, -0.15) is 5.26 Å². The molecule has 0 aliphatic heterocycles. The second-order valence-electron chi connectivity index (χ2n) is 7.10. The van der Waals surface area contributed by atoms with Crippen LogP contribution in [-0.2, 0) is 4.79 Å². The molecule has 0 unspecified atom stereocenters. The van der Waals surface area contributed by atoms with Gasteiger partial charge in [-0.25, -0.2) is 9.37 Å². The number of para-hydroxylation sites is 1. The highest BCUT2D eigenvalue weighted by atomic mass is 19.1.